The van der Waals surface area contributed by atoms with Gasteiger partial charge in [0.2, 0.25) is 0 Å². The minimum Gasteiger partial charge on any atom is -0.493 e. The lowest BCUT2D eigenvalue weighted by molar-refractivity contribution is -0.685. The van der Waals surface area contributed by atoms with Gasteiger partial charge in [-0.1, -0.05) is 30.3 Å². The average Bonchev–Trinajstić information content (AvgIpc) is 3.15. The van der Waals surface area contributed by atoms with E-state index in [0.717, 1.165) is 18.7 Å². The molecule has 0 bridgehead atoms. The summed E-state index contributed by atoms with van der Waals surface area (Å²) in [6.45, 7) is 1.86. The normalized spacial score (nSPS) is 10.6. The minimum absolute atomic E-state index is 0.172. The van der Waals surface area contributed by atoms with E-state index in [0.29, 0.717) is 17.1 Å². The molecule has 0 aliphatic rings. The molecule has 2 N–H and O–H groups in total. The molecule has 0 saturated heterocycles. The third-order valence-corrected chi connectivity index (χ3v) is 4.80. The van der Waals surface area contributed by atoms with Gasteiger partial charge in [-0.05, 0) is 29.6 Å². The highest BCUT2D eigenvalue weighted by Crippen LogP contribution is 2.31. The predicted molar refractivity (Wildman–Crippen MR) is 97.4 cm³/mol. The highest BCUT2D eigenvalue weighted by molar-refractivity contribution is 7.09. The molecule has 130 valence electrons. The van der Waals surface area contributed by atoms with Crippen molar-refractivity contribution < 1.29 is 19.2 Å². The first-order valence-corrected chi connectivity index (χ1v) is 9.02. The van der Waals surface area contributed by atoms with E-state index in [4.69, 9.17) is 9.47 Å². The first-order valence-electron chi connectivity index (χ1n) is 8.14. The van der Waals surface area contributed by atoms with E-state index in [2.05, 4.69) is 22.8 Å². The molecule has 3 nitrogen and oxygen atoms in total. The van der Waals surface area contributed by atoms with E-state index in [1.807, 2.05) is 18.2 Å². The third kappa shape index (κ3) is 4.59. The van der Waals surface area contributed by atoms with Crippen LogP contribution >= 0.6 is 11.3 Å². The van der Waals surface area contributed by atoms with Crippen molar-refractivity contribution in [3.63, 3.8) is 0 Å². The van der Waals surface area contributed by atoms with Gasteiger partial charge in [-0.2, -0.15) is 0 Å². The maximum atomic E-state index is 13.8. The Kier molecular flexibility index (Phi) is 6.04. The molecule has 25 heavy (non-hydrogen) atoms. The van der Waals surface area contributed by atoms with Gasteiger partial charge in [-0.3, -0.25) is 0 Å². The number of hydrogen-bond acceptors (Lipinski definition) is 3. The fraction of sp³-hybridized carbons (Fsp3) is 0.200. The van der Waals surface area contributed by atoms with Gasteiger partial charge in [0, 0.05) is 5.56 Å². The van der Waals surface area contributed by atoms with Gasteiger partial charge in [0.1, 0.15) is 25.5 Å². The molecule has 0 fully saturated rings. The summed E-state index contributed by atoms with van der Waals surface area (Å²) in [5.41, 5.74) is 1.56. The van der Waals surface area contributed by atoms with Crippen LogP contribution in [0, 0.1) is 5.82 Å². The molecule has 3 aromatic rings. The molecule has 0 unspecified atom stereocenters. The molecule has 0 radical (unpaired) electrons. The third-order valence-electron chi connectivity index (χ3n) is 3.90. The van der Waals surface area contributed by atoms with Crippen LogP contribution in [0.2, 0.25) is 0 Å². The number of ether oxygens (including phenoxy) is 2. The molecule has 1 heterocycles. The number of quaternary nitrogens is 1. The quantitative estimate of drug-likeness (QED) is 0.666. The largest absolute Gasteiger partial charge is 0.493 e. The first kappa shape index (κ1) is 17.5. The molecule has 0 spiro atoms. The van der Waals surface area contributed by atoms with Crippen LogP contribution in [0.5, 0.6) is 11.5 Å². The smallest absolute Gasteiger partial charge is 0.170 e. The molecule has 3 rings (SSSR count). The van der Waals surface area contributed by atoms with Crippen molar-refractivity contribution in [2.75, 3.05) is 7.11 Å². The summed E-state index contributed by atoms with van der Waals surface area (Å²) in [6, 6.07) is 16.7. The predicted octanol–water partition coefficient (Wildman–Crippen LogP) is 3.74. The van der Waals surface area contributed by atoms with Crippen molar-refractivity contribution in [3.8, 4) is 11.5 Å². The van der Waals surface area contributed by atoms with Gasteiger partial charge < -0.3 is 14.8 Å². The van der Waals surface area contributed by atoms with E-state index < -0.39 is 0 Å². The van der Waals surface area contributed by atoms with Gasteiger partial charge >= 0.3 is 0 Å². The van der Waals surface area contributed by atoms with Crippen LogP contribution in [-0.4, -0.2) is 7.11 Å². The highest BCUT2D eigenvalue weighted by atomic mass is 32.1. The Morgan fingerprint density at radius 2 is 1.80 bits per heavy atom. The number of halogens is 1. The molecule has 0 saturated carbocycles. The second-order valence-corrected chi connectivity index (χ2v) is 6.64. The van der Waals surface area contributed by atoms with E-state index in [9.17, 15) is 4.39 Å². The monoisotopic (exact) mass is 358 g/mol. The molecule has 0 amide bonds. The van der Waals surface area contributed by atoms with Crippen molar-refractivity contribution in [3.05, 3.63) is 81.8 Å². The summed E-state index contributed by atoms with van der Waals surface area (Å²) in [6.07, 6.45) is 0. The van der Waals surface area contributed by atoms with Gasteiger partial charge in [0.15, 0.2) is 11.5 Å². The summed E-state index contributed by atoms with van der Waals surface area (Å²) in [7, 11) is 1.62. The topological polar surface area (TPSA) is 35.1 Å². The number of nitrogens with two attached hydrogens (primary N) is 1. The number of para-hydroxylation sites is 1. The fourth-order valence-electron chi connectivity index (χ4n) is 2.61. The van der Waals surface area contributed by atoms with E-state index in [1.54, 1.807) is 36.6 Å². The molecule has 1 aromatic heterocycles. The molecule has 2 aromatic carbocycles. The summed E-state index contributed by atoms with van der Waals surface area (Å²) in [5, 5.41) is 4.30. The zero-order chi connectivity index (χ0) is 17.5. The number of benzene rings is 2. The van der Waals surface area contributed by atoms with Crippen LogP contribution in [0.1, 0.15) is 16.0 Å². The van der Waals surface area contributed by atoms with E-state index >= 15 is 0 Å². The van der Waals surface area contributed by atoms with Gasteiger partial charge in [0.05, 0.1) is 17.6 Å². The van der Waals surface area contributed by atoms with Gasteiger partial charge in [0.25, 0.3) is 0 Å². The Morgan fingerprint density at radius 3 is 2.56 bits per heavy atom. The zero-order valence-corrected chi connectivity index (χ0v) is 14.9. The van der Waals surface area contributed by atoms with Crippen molar-refractivity contribution in [1.82, 2.24) is 0 Å². The summed E-state index contributed by atoms with van der Waals surface area (Å²) in [5.74, 6) is 1.08. The summed E-state index contributed by atoms with van der Waals surface area (Å²) < 4.78 is 25.2. The Balaban J connectivity index is 1.71. The number of thiophene rings is 1. The lowest BCUT2D eigenvalue weighted by atomic mass is 10.1. The number of hydrogen-bond donors (Lipinski definition) is 1. The maximum Gasteiger partial charge on any atom is 0.170 e. The second kappa shape index (κ2) is 8.65. The average molecular weight is 358 g/mol. The Morgan fingerprint density at radius 1 is 0.960 bits per heavy atom. The highest BCUT2D eigenvalue weighted by Gasteiger charge is 2.13. The van der Waals surface area contributed by atoms with Crippen LogP contribution in [0.4, 0.5) is 4.39 Å². The van der Waals surface area contributed by atoms with Gasteiger partial charge in [-0.15, -0.1) is 11.3 Å². The maximum absolute atomic E-state index is 13.8. The molecular weight excluding hydrogens is 337 g/mol. The fourth-order valence-corrected chi connectivity index (χ4v) is 3.31. The number of rotatable bonds is 8. The van der Waals surface area contributed by atoms with E-state index in [1.165, 1.54) is 10.9 Å². The van der Waals surface area contributed by atoms with Crippen molar-refractivity contribution in [2.45, 2.75) is 19.7 Å². The minimum atomic E-state index is -0.261. The van der Waals surface area contributed by atoms with Crippen LogP contribution in [-0.2, 0) is 19.7 Å². The van der Waals surface area contributed by atoms with Crippen molar-refractivity contribution in [1.29, 1.82) is 0 Å². The van der Waals surface area contributed by atoms with Crippen LogP contribution in [0.25, 0.3) is 0 Å². The SMILES string of the molecule is COc1cccc(C[NH2+]Cc2cccs2)c1OCc1ccccc1F. The summed E-state index contributed by atoms with van der Waals surface area (Å²) in [4.78, 5) is 1.33. The summed E-state index contributed by atoms with van der Waals surface area (Å²) >= 11 is 1.75. The standard InChI is InChI=1S/C20H20FNO2S/c1-23-19-10-4-7-15(12-22-13-17-8-5-11-25-17)20(19)24-14-16-6-2-3-9-18(16)21/h2-11,22H,12-14H2,1H3/p+1. The Bertz CT molecular complexity index is 805. The molecule has 0 aliphatic carbocycles. The van der Waals surface area contributed by atoms with Crippen LogP contribution < -0.4 is 14.8 Å². The van der Waals surface area contributed by atoms with Crippen molar-refractivity contribution >= 4 is 11.3 Å². The van der Waals surface area contributed by atoms with Crippen LogP contribution in [0.15, 0.2) is 60.0 Å². The lowest BCUT2D eigenvalue weighted by Crippen LogP contribution is -2.80. The molecule has 0 atom stereocenters. The zero-order valence-electron chi connectivity index (χ0n) is 14.1. The Labute approximate surface area is 151 Å². The van der Waals surface area contributed by atoms with E-state index in [-0.39, 0.29) is 12.4 Å². The molecule has 0 aliphatic heterocycles. The van der Waals surface area contributed by atoms with Crippen LogP contribution in [0.3, 0.4) is 0 Å². The van der Waals surface area contributed by atoms with Crippen molar-refractivity contribution in [2.24, 2.45) is 0 Å². The number of methoxy groups -OCH3 is 1. The molecular formula is C20H21FNO2S+. The Hall–Kier alpha value is -2.37. The second-order valence-electron chi connectivity index (χ2n) is 5.60. The van der Waals surface area contributed by atoms with Gasteiger partial charge in [-0.25, -0.2) is 4.39 Å². The molecule has 5 heteroatoms. The lowest BCUT2D eigenvalue weighted by Gasteiger charge is -2.15. The first-order chi connectivity index (χ1) is 12.3.